The number of aromatic nitrogens is 1. The SMILES string of the molecule is CSc1c(F)c(F)c(Nc2cccc(C(N)=O)c2)c(Cc2ccnc(N)c2F)c1F. The maximum absolute atomic E-state index is 15.1. The normalized spacial score (nSPS) is 10.8. The molecule has 0 radical (unpaired) electrons. The van der Waals surface area contributed by atoms with E-state index < -0.39 is 52.0 Å². The minimum atomic E-state index is -1.38. The molecule has 1 amide bonds. The van der Waals surface area contributed by atoms with Crippen molar-refractivity contribution in [2.24, 2.45) is 5.73 Å². The van der Waals surface area contributed by atoms with Gasteiger partial charge in [-0.3, -0.25) is 4.79 Å². The molecule has 0 fully saturated rings. The number of amides is 1. The lowest BCUT2D eigenvalue weighted by Gasteiger charge is -2.18. The highest BCUT2D eigenvalue weighted by Crippen LogP contribution is 2.37. The van der Waals surface area contributed by atoms with E-state index in [1.807, 2.05) is 0 Å². The lowest BCUT2D eigenvalue weighted by Crippen LogP contribution is -2.12. The van der Waals surface area contributed by atoms with Gasteiger partial charge in [-0.25, -0.2) is 22.5 Å². The van der Waals surface area contributed by atoms with E-state index in [1.165, 1.54) is 42.8 Å². The molecule has 0 unspecified atom stereocenters. The Hall–Kier alpha value is -3.27. The van der Waals surface area contributed by atoms with E-state index in [-0.39, 0.29) is 22.4 Å². The molecule has 0 aliphatic rings. The third kappa shape index (κ3) is 4.04. The average Bonchev–Trinajstić information content (AvgIpc) is 2.72. The van der Waals surface area contributed by atoms with Crippen molar-refractivity contribution in [2.75, 3.05) is 17.3 Å². The predicted octanol–water partition coefficient (Wildman–Crippen LogP) is 4.38. The zero-order valence-electron chi connectivity index (χ0n) is 15.6. The van der Waals surface area contributed by atoms with Gasteiger partial charge in [-0.2, -0.15) is 0 Å². The molecule has 1 aromatic heterocycles. The molecule has 2 aromatic carbocycles. The van der Waals surface area contributed by atoms with Crippen LogP contribution in [0.4, 0.5) is 34.8 Å². The molecular weight excluding hydrogens is 420 g/mol. The molecule has 0 saturated carbocycles. The van der Waals surface area contributed by atoms with Crippen LogP contribution in [0.5, 0.6) is 0 Å². The third-order valence-corrected chi connectivity index (χ3v) is 5.13. The lowest BCUT2D eigenvalue weighted by atomic mass is 10.0. The molecule has 0 aliphatic heterocycles. The van der Waals surface area contributed by atoms with Crippen molar-refractivity contribution in [1.29, 1.82) is 0 Å². The number of benzene rings is 2. The minimum absolute atomic E-state index is 0.0478. The second-order valence-corrected chi connectivity index (χ2v) is 7.06. The van der Waals surface area contributed by atoms with E-state index >= 15 is 4.39 Å². The van der Waals surface area contributed by atoms with E-state index in [1.54, 1.807) is 0 Å². The topological polar surface area (TPSA) is 94.0 Å². The van der Waals surface area contributed by atoms with Crippen LogP contribution in [-0.2, 0) is 6.42 Å². The van der Waals surface area contributed by atoms with Crippen molar-refractivity contribution in [2.45, 2.75) is 11.3 Å². The van der Waals surface area contributed by atoms with Crippen molar-refractivity contribution in [1.82, 2.24) is 4.98 Å². The molecule has 3 rings (SSSR count). The Labute approximate surface area is 173 Å². The smallest absolute Gasteiger partial charge is 0.248 e. The fourth-order valence-electron chi connectivity index (χ4n) is 2.88. The number of thioether (sulfide) groups is 1. The van der Waals surface area contributed by atoms with Crippen LogP contribution < -0.4 is 16.8 Å². The highest BCUT2D eigenvalue weighted by atomic mass is 32.2. The van der Waals surface area contributed by atoms with Crippen molar-refractivity contribution < 1.29 is 22.4 Å². The van der Waals surface area contributed by atoms with Gasteiger partial charge < -0.3 is 16.8 Å². The van der Waals surface area contributed by atoms with Crippen LogP contribution in [0.15, 0.2) is 41.4 Å². The molecule has 5 nitrogen and oxygen atoms in total. The summed E-state index contributed by atoms with van der Waals surface area (Å²) in [6.07, 6.45) is 2.19. The van der Waals surface area contributed by atoms with E-state index in [9.17, 15) is 18.0 Å². The van der Waals surface area contributed by atoms with E-state index in [0.29, 0.717) is 11.8 Å². The molecule has 0 bridgehead atoms. The lowest BCUT2D eigenvalue weighted by molar-refractivity contribution is 0.100. The average molecular weight is 436 g/mol. The van der Waals surface area contributed by atoms with Crippen LogP contribution in [0.25, 0.3) is 0 Å². The summed E-state index contributed by atoms with van der Waals surface area (Å²) in [5.74, 6) is -5.78. The van der Waals surface area contributed by atoms with Crippen molar-refractivity contribution in [3.05, 3.63) is 76.5 Å². The van der Waals surface area contributed by atoms with Gasteiger partial charge in [-0.15, -0.1) is 11.8 Å². The van der Waals surface area contributed by atoms with Gasteiger partial charge in [-0.05, 0) is 36.1 Å². The van der Waals surface area contributed by atoms with E-state index in [4.69, 9.17) is 11.5 Å². The van der Waals surface area contributed by atoms with Gasteiger partial charge in [0.15, 0.2) is 23.3 Å². The monoisotopic (exact) mass is 436 g/mol. The quantitative estimate of drug-likeness (QED) is 0.303. The number of pyridine rings is 1. The van der Waals surface area contributed by atoms with Crippen LogP contribution in [0, 0.1) is 23.3 Å². The highest BCUT2D eigenvalue weighted by molar-refractivity contribution is 7.98. The van der Waals surface area contributed by atoms with E-state index in [2.05, 4.69) is 10.3 Å². The third-order valence-electron chi connectivity index (χ3n) is 4.36. The Balaban J connectivity index is 2.17. The first-order valence-corrected chi connectivity index (χ1v) is 9.76. The summed E-state index contributed by atoms with van der Waals surface area (Å²) in [6.45, 7) is 0. The summed E-state index contributed by atoms with van der Waals surface area (Å²) >= 11 is 0.680. The molecule has 10 heteroatoms. The van der Waals surface area contributed by atoms with E-state index in [0.717, 1.165) is 0 Å². The highest BCUT2D eigenvalue weighted by Gasteiger charge is 2.26. The number of nitrogens with zero attached hydrogens (tertiary/aromatic N) is 1. The molecule has 0 saturated heterocycles. The number of hydrogen-bond donors (Lipinski definition) is 3. The summed E-state index contributed by atoms with van der Waals surface area (Å²) in [4.78, 5) is 14.4. The zero-order valence-corrected chi connectivity index (χ0v) is 16.4. The summed E-state index contributed by atoms with van der Waals surface area (Å²) in [6, 6.07) is 6.92. The van der Waals surface area contributed by atoms with Gasteiger partial charge in [0.05, 0.1) is 10.6 Å². The number of anilines is 3. The van der Waals surface area contributed by atoms with Crippen LogP contribution in [0.2, 0.25) is 0 Å². The van der Waals surface area contributed by atoms with Gasteiger partial charge in [-0.1, -0.05) is 6.07 Å². The minimum Gasteiger partial charge on any atom is -0.381 e. The summed E-state index contributed by atoms with van der Waals surface area (Å²) < 4.78 is 58.7. The Morgan fingerprint density at radius 1 is 1.10 bits per heavy atom. The maximum Gasteiger partial charge on any atom is 0.248 e. The maximum atomic E-state index is 15.1. The largest absolute Gasteiger partial charge is 0.381 e. The number of carbonyl (C=O) groups is 1. The molecule has 30 heavy (non-hydrogen) atoms. The Morgan fingerprint density at radius 2 is 1.83 bits per heavy atom. The first-order chi connectivity index (χ1) is 14.2. The van der Waals surface area contributed by atoms with Crippen molar-refractivity contribution in [3.63, 3.8) is 0 Å². The number of primary amides is 1. The molecule has 0 spiro atoms. The number of nitrogens with two attached hydrogens (primary N) is 2. The standard InChI is InChI=1S/C20H16F4N4OS/c1-30-18-14(22)12(8-9-5-6-27-19(25)13(9)21)17(15(23)16(18)24)28-11-4-2-3-10(7-11)20(26)29/h2-7,28H,8H2,1H3,(H2,25,27)(H2,26,29). The first kappa shape index (κ1) is 21.4. The van der Waals surface area contributed by atoms with Crippen molar-refractivity contribution >= 4 is 34.9 Å². The van der Waals surface area contributed by atoms with Gasteiger partial charge in [0, 0.05) is 29.4 Å². The molecule has 156 valence electrons. The zero-order chi connectivity index (χ0) is 22.0. The second kappa shape index (κ2) is 8.62. The summed E-state index contributed by atoms with van der Waals surface area (Å²) in [5.41, 5.74) is 10.1. The fourth-order valence-corrected chi connectivity index (χ4v) is 3.46. The number of carbonyl (C=O) groups excluding carboxylic acids is 1. The fraction of sp³-hybridized carbons (Fsp3) is 0.100. The molecule has 5 N–H and O–H groups in total. The van der Waals surface area contributed by atoms with Gasteiger partial charge in [0.1, 0.15) is 5.82 Å². The van der Waals surface area contributed by atoms with Gasteiger partial charge in [0.2, 0.25) is 5.91 Å². The Bertz CT molecular complexity index is 1140. The molecule has 0 atom stereocenters. The van der Waals surface area contributed by atoms with Crippen LogP contribution in [0.1, 0.15) is 21.5 Å². The summed E-state index contributed by atoms with van der Waals surface area (Å²) in [7, 11) is 0. The Morgan fingerprint density at radius 3 is 2.50 bits per heavy atom. The first-order valence-electron chi connectivity index (χ1n) is 8.53. The van der Waals surface area contributed by atoms with Gasteiger partial charge in [0.25, 0.3) is 0 Å². The second-order valence-electron chi connectivity index (χ2n) is 6.24. The number of nitrogens with one attached hydrogen (secondary N) is 1. The summed E-state index contributed by atoms with van der Waals surface area (Å²) in [5, 5.41) is 2.58. The number of nitrogen functional groups attached to an aromatic ring is 1. The van der Waals surface area contributed by atoms with Crippen LogP contribution >= 0.6 is 11.8 Å². The number of hydrogen-bond acceptors (Lipinski definition) is 5. The van der Waals surface area contributed by atoms with Gasteiger partial charge >= 0.3 is 0 Å². The van der Waals surface area contributed by atoms with Crippen molar-refractivity contribution in [3.8, 4) is 0 Å². The van der Waals surface area contributed by atoms with Crippen LogP contribution in [-0.4, -0.2) is 17.1 Å². The molecular formula is C20H16F4N4OS. The Kier molecular flexibility index (Phi) is 6.16. The number of rotatable bonds is 6. The molecule has 1 heterocycles. The molecule has 3 aromatic rings. The van der Waals surface area contributed by atoms with Crippen LogP contribution in [0.3, 0.4) is 0 Å². The predicted molar refractivity (Wildman–Crippen MR) is 108 cm³/mol. The number of halogens is 4. The molecule has 0 aliphatic carbocycles.